The van der Waals surface area contributed by atoms with Gasteiger partial charge in [0.25, 0.3) is 5.91 Å². The number of carbonyl (C=O) groups is 3. The van der Waals surface area contributed by atoms with Crippen molar-refractivity contribution >= 4 is 17.9 Å². The van der Waals surface area contributed by atoms with Gasteiger partial charge in [-0.25, -0.2) is 4.79 Å². The fourth-order valence-corrected chi connectivity index (χ4v) is 3.85. The van der Waals surface area contributed by atoms with Gasteiger partial charge in [-0.3, -0.25) is 9.59 Å². The van der Waals surface area contributed by atoms with Crippen LogP contribution in [0.5, 0.6) is 5.75 Å². The van der Waals surface area contributed by atoms with Crippen LogP contribution in [0.3, 0.4) is 0 Å². The molecule has 0 N–H and O–H groups in total. The van der Waals surface area contributed by atoms with Crippen molar-refractivity contribution in [2.24, 2.45) is 5.92 Å². The highest BCUT2D eigenvalue weighted by Gasteiger charge is 2.32. The summed E-state index contributed by atoms with van der Waals surface area (Å²) in [5.41, 5.74) is 0.601. The molecular formula is C21H29N3O5. The molecule has 0 unspecified atom stereocenters. The van der Waals surface area contributed by atoms with E-state index in [9.17, 15) is 14.4 Å². The van der Waals surface area contributed by atoms with Crippen molar-refractivity contribution in [3.8, 4) is 5.75 Å². The number of piperazine rings is 1. The highest BCUT2D eigenvalue weighted by atomic mass is 16.6. The van der Waals surface area contributed by atoms with Crippen LogP contribution in [0.15, 0.2) is 24.3 Å². The average molecular weight is 403 g/mol. The standard InChI is InChI=1S/C21H29N3O5/c1-3-29-21(27)24-13-11-23(12-14-24)19(25)16-7-9-22(10-8-16)20(26)17-5-4-6-18(15-17)28-2/h4-6,15-16H,3,7-14H2,1-2H3. The molecule has 8 nitrogen and oxygen atoms in total. The zero-order chi connectivity index (χ0) is 20.8. The number of likely N-dealkylation sites (tertiary alicyclic amines) is 1. The van der Waals surface area contributed by atoms with Crippen LogP contribution in [0.1, 0.15) is 30.1 Å². The highest BCUT2D eigenvalue weighted by Crippen LogP contribution is 2.23. The van der Waals surface area contributed by atoms with Gasteiger partial charge in [-0.2, -0.15) is 0 Å². The quantitative estimate of drug-likeness (QED) is 0.767. The summed E-state index contributed by atoms with van der Waals surface area (Å²) in [6.45, 7) is 5.31. The number of hydrogen-bond acceptors (Lipinski definition) is 5. The van der Waals surface area contributed by atoms with Crippen molar-refractivity contribution in [1.82, 2.24) is 14.7 Å². The minimum absolute atomic E-state index is 0.0298. The van der Waals surface area contributed by atoms with Crippen LogP contribution in [0.4, 0.5) is 4.79 Å². The third kappa shape index (κ3) is 4.99. The molecule has 2 saturated heterocycles. The maximum absolute atomic E-state index is 12.9. The molecule has 1 aromatic rings. The second-order valence-electron chi connectivity index (χ2n) is 7.31. The van der Waals surface area contributed by atoms with E-state index < -0.39 is 0 Å². The monoisotopic (exact) mass is 403 g/mol. The van der Waals surface area contributed by atoms with E-state index in [-0.39, 0.29) is 23.8 Å². The van der Waals surface area contributed by atoms with Gasteiger partial charge in [0.15, 0.2) is 0 Å². The van der Waals surface area contributed by atoms with Gasteiger partial charge in [-0.05, 0) is 38.0 Å². The summed E-state index contributed by atoms with van der Waals surface area (Å²) in [6.07, 6.45) is 1.00. The molecule has 3 rings (SSSR count). The molecule has 2 fully saturated rings. The molecule has 29 heavy (non-hydrogen) atoms. The van der Waals surface area contributed by atoms with Gasteiger partial charge in [0.1, 0.15) is 5.75 Å². The van der Waals surface area contributed by atoms with Gasteiger partial charge >= 0.3 is 6.09 Å². The van der Waals surface area contributed by atoms with Crippen LogP contribution in [0.25, 0.3) is 0 Å². The molecule has 0 radical (unpaired) electrons. The lowest BCUT2D eigenvalue weighted by molar-refractivity contribution is -0.138. The smallest absolute Gasteiger partial charge is 0.409 e. The van der Waals surface area contributed by atoms with Crippen molar-refractivity contribution < 1.29 is 23.9 Å². The van der Waals surface area contributed by atoms with Crippen molar-refractivity contribution in [3.05, 3.63) is 29.8 Å². The summed E-state index contributed by atoms with van der Waals surface area (Å²) in [4.78, 5) is 42.6. The zero-order valence-electron chi connectivity index (χ0n) is 17.1. The fraction of sp³-hybridized carbons (Fsp3) is 0.571. The first kappa shape index (κ1) is 21.0. The molecule has 0 aromatic heterocycles. The molecule has 2 aliphatic heterocycles. The third-order valence-corrected chi connectivity index (χ3v) is 5.57. The first-order chi connectivity index (χ1) is 14.0. The molecule has 158 valence electrons. The SMILES string of the molecule is CCOC(=O)N1CCN(C(=O)C2CCN(C(=O)c3cccc(OC)c3)CC2)CC1. The molecule has 2 heterocycles. The number of carbonyl (C=O) groups excluding carboxylic acids is 3. The molecule has 0 atom stereocenters. The Morgan fingerprint density at radius 2 is 1.62 bits per heavy atom. The zero-order valence-corrected chi connectivity index (χ0v) is 17.1. The number of hydrogen-bond donors (Lipinski definition) is 0. The van der Waals surface area contributed by atoms with Gasteiger partial charge in [0, 0.05) is 50.7 Å². The third-order valence-electron chi connectivity index (χ3n) is 5.57. The largest absolute Gasteiger partial charge is 0.497 e. The molecule has 8 heteroatoms. The van der Waals surface area contributed by atoms with Crippen LogP contribution in [-0.4, -0.2) is 85.6 Å². The summed E-state index contributed by atoms with van der Waals surface area (Å²) in [5.74, 6) is 0.682. The Balaban J connectivity index is 1.48. The summed E-state index contributed by atoms with van der Waals surface area (Å²) in [5, 5.41) is 0. The first-order valence-electron chi connectivity index (χ1n) is 10.2. The molecule has 3 amide bonds. The number of amides is 3. The number of nitrogens with zero attached hydrogens (tertiary/aromatic N) is 3. The molecule has 0 spiro atoms. The normalized spacial score (nSPS) is 17.8. The molecule has 2 aliphatic rings. The average Bonchev–Trinajstić information content (AvgIpc) is 2.78. The van der Waals surface area contributed by atoms with E-state index in [1.54, 1.807) is 42.0 Å². The molecular weight excluding hydrogens is 374 g/mol. The summed E-state index contributed by atoms with van der Waals surface area (Å²) in [6, 6.07) is 7.13. The lowest BCUT2D eigenvalue weighted by Gasteiger charge is -2.38. The van der Waals surface area contributed by atoms with Gasteiger partial charge in [-0.1, -0.05) is 6.07 Å². The van der Waals surface area contributed by atoms with Gasteiger partial charge < -0.3 is 24.2 Å². The highest BCUT2D eigenvalue weighted by molar-refractivity contribution is 5.94. The molecule has 0 saturated carbocycles. The van der Waals surface area contributed by atoms with E-state index >= 15 is 0 Å². The second kappa shape index (κ2) is 9.62. The van der Waals surface area contributed by atoms with E-state index in [1.807, 2.05) is 11.0 Å². The fourth-order valence-electron chi connectivity index (χ4n) is 3.85. The van der Waals surface area contributed by atoms with E-state index in [0.29, 0.717) is 70.0 Å². The van der Waals surface area contributed by atoms with Crippen LogP contribution < -0.4 is 4.74 Å². The summed E-state index contributed by atoms with van der Waals surface area (Å²) in [7, 11) is 1.58. The molecule has 0 bridgehead atoms. The minimum atomic E-state index is -0.316. The number of piperidine rings is 1. The Bertz CT molecular complexity index is 738. The van der Waals surface area contributed by atoms with Crippen molar-refractivity contribution in [2.75, 3.05) is 53.0 Å². The summed E-state index contributed by atoms with van der Waals surface area (Å²) < 4.78 is 10.2. The van der Waals surface area contributed by atoms with E-state index in [1.165, 1.54) is 0 Å². The van der Waals surface area contributed by atoms with E-state index in [4.69, 9.17) is 9.47 Å². The predicted molar refractivity (Wildman–Crippen MR) is 107 cm³/mol. The van der Waals surface area contributed by atoms with Crippen LogP contribution in [-0.2, 0) is 9.53 Å². The lowest BCUT2D eigenvalue weighted by atomic mass is 9.94. The first-order valence-corrected chi connectivity index (χ1v) is 10.2. The van der Waals surface area contributed by atoms with E-state index in [2.05, 4.69) is 0 Å². The maximum Gasteiger partial charge on any atom is 0.409 e. The summed E-state index contributed by atoms with van der Waals surface area (Å²) >= 11 is 0. The van der Waals surface area contributed by atoms with Gasteiger partial charge in [0.2, 0.25) is 5.91 Å². The number of rotatable bonds is 4. The van der Waals surface area contributed by atoms with Crippen LogP contribution in [0.2, 0.25) is 0 Å². The van der Waals surface area contributed by atoms with Crippen LogP contribution in [0, 0.1) is 5.92 Å². The minimum Gasteiger partial charge on any atom is -0.497 e. The number of benzene rings is 1. The Morgan fingerprint density at radius 3 is 2.24 bits per heavy atom. The van der Waals surface area contributed by atoms with E-state index in [0.717, 1.165) is 0 Å². The number of methoxy groups -OCH3 is 1. The Morgan fingerprint density at radius 1 is 0.966 bits per heavy atom. The topological polar surface area (TPSA) is 79.4 Å². The Hall–Kier alpha value is -2.77. The van der Waals surface area contributed by atoms with Gasteiger partial charge in [-0.15, -0.1) is 0 Å². The Labute approximate surface area is 171 Å². The van der Waals surface area contributed by atoms with Crippen molar-refractivity contribution in [1.29, 1.82) is 0 Å². The molecule has 0 aliphatic carbocycles. The predicted octanol–water partition coefficient (Wildman–Crippen LogP) is 1.85. The second-order valence-corrected chi connectivity index (χ2v) is 7.31. The van der Waals surface area contributed by atoms with Crippen molar-refractivity contribution in [3.63, 3.8) is 0 Å². The molecule has 1 aromatic carbocycles. The lowest BCUT2D eigenvalue weighted by Crippen LogP contribution is -2.53. The maximum atomic E-state index is 12.9. The Kier molecular flexibility index (Phi) is 6.95. The number of ether oxygens (including phenoxy) is 2. The van der Waals surface area contributed by atoms with Crippen LogP contribution >= 0.6 is 0 Å². The van der Waals surface area contributed by atoms with Crippen molar-refractivity contribution in [2.45, 2.75) is 19.8 Å². The van der Waals surface area contributed by atoms with Gasteiger partial charge in [0.05, 0.1) is 13.7 Å².